The van der Waals surface area contributed by atoms with Gasteiger partial charge in [-0.25, -0.2) is 4.39 Å². The van der Waals surface area contributed by atoms with Crippen LogP contribution in [0, 0.1) is 17.9 Å². The monoisotopic (exact) mass is 229 g/mol. The van der Waals surface area contributed by atoms with Gasteiger partial charge in [-0.15, -0.1) is 0 Å². The Kier molecular flexibility index (Phi) is 3.19. The van der Waals surface area contributed by atoms with Crippen LogP contribution in [-0.4, -0.2) is 11.0 Å². The van der Waals surface area contributed by atoms with Crippen molar-refractivity contribution in [1.29, 1.82) is 0 Å². The normalized spacial score (nSPS) is 11.5. The van der Waals surface area contributed by atoms with Gasteiger partial charge in [0.05, 0.1) is 5.56 Å². The summed E-state index contributed by atoms with van der Waals surface area (Å²) in [6.45, 7) is 1.90. The van der Waals surface area contributed by atoms with E-state index in [1.54, 1.807) is 36.4 Å². The third-order valence-electron chi connectivity index (χ3n) is 2.42. The van der Waals surface area contributed by atoms with Crippen LogP contribution in [0.5, 0.6) is 0 Å². The number of rotatable bonds is 2. The van der Waals surface area contributed by atoms with Gasteiger partial charge in [0, 0.05) is 12.1 Å². The summed E-state index contributed by atoms with van der Waals surface area (Å²) in [6.07, 6.45) is 1.24. The lowest BCUT2D eigenvalue weighted by Gasteiger charge is -2.03. The van der Waals surface area contributed by atoms with Crippen molar-refractivity contribution in [2.24, 2.45) is 0 Å². The summed E-state index contributed by atoms with van der Waals surface area (Å²) in [5.41, 5.74) is 1.77. The van der Waals surface area contributed by atoms with E-state index in [0.29, 0.717) is 10.4 Å². The molecule has 0 aromatic heterocycles. The molecule has 0 bridgehead atoms. The molecular formula is C14H12FNO. The second kappa shape index (κ2) is 4.78. The maximum Gasteiger partial charge on any atom is 0.216 e. The number of halogens is 1. The van der Waals surface area contributed by atoms with Crippen LogP contribution >= 0.6 is 0 Å². The summed E-state index contributed by atoms with van der Waals surface area (Å²) in [6, 6.07) is 13.3. The first-order valence-electron chi connectivity index (χ1n) is 5.29. The van der Waals surface area contributed by atoms with Crippen LogP contribution in [0.2, 0.25) is 0 Å². The molecule has 86 valence electrons. The van der Waals surface area contributed by atoms with Crippen LogP contribution in [-0.2, 0) is 0 Å². The maximum atomic E-state index is 13.3. The summed E-state index contributed by atoms with van der Waals surface area (Å²) >= 11 is 0. The fraction of sp³-hybridized carbons (Fsp3) is 0.0714. The van der Waals surface area contributed by atoms with Crippen molar-refractivity contribution < 1.29 is 9.13 Å². The molecule has 0 heterocycles. The van der Waals surface area contributed by atoms with Gasteiger partial charge in [0.15, 0.2) is 6.21 Å². The highest BCUT2D eigenvalue weighted by Gasteiger charge is 2.04. The number of hydrogen-bond acceptors (Lipinski definition) is 1. The Balaban J connectivity index is 2.38. The number of benzene rings is 2. The van der Waals surface area contributed by atoms with Crippen LogP contribution in [0.25, 0.3) is 0 Å². The maximum absolute atomic E-state index is 13.3. The van der Waals surface area contributed by atoms with Gasteiger partial charge in [0.1, 0.15) is 5.82 Å². The minimum absolute atomic E-state index is 0.281. The first-order valence-corrected chi connectivity index (χ1v) is 5.29. The zero-order valence-corrected chi connectivity index (χ0v) is 9.43. The van der Waals surface area contributed by atoms with Crippen molar-refractivity contribution in [2.75, 3.05) is 0 Å². The average molecular weight is 229 g/mol. The highest BCUT2D eigenvalue weighted by molar-refractivity contribution is 5.76. The van der Waals surface area contributed by atoms with E-state index in [9.17, 15) is 9.60 Å². The molecule has 0 fully saturated rings. The fourth-order valence-electron chi connectivity index (χ4n) is 1.55. The molecule has 0 spiro atoms. The molecule has 2 rings (SSSR count). The van der Waals surface area contributed by atoms with Crippen LogP contribution in [0.4, 0.5) is 10.1 Å². The Labute approximate surface area is 99.2 Å². The molecule has 0 N–H and O–H groups in total. The molecule has 0 saturated heterocycles. The lowest BCUT2D eigenvalue weighted by Crippen LogP contribution is -2.00. The highest BCUT2D eigenvalue weighted by Crippen LogP contribution is 2.13. The van der Waals surface area contributed by atoms with Crippen molar-refractivity contribution >= 4 is 11.9 Å². The molecule has 2 nitrogen and oxygen atoms in total. The molecule has 2 aromatic carbocycles. The van der Waals surface area contributed by atoms with Gasteiger partial charge in [-0.05, 0) is 24.6 Å². The molecule has 2 aromatic rings. The summed E-state index contributed by atoms with van der Waals surface area (Å²) in [7, 11) is 0. The van der Waals surface area contributed by atoms with E-state index in [-0.39, 0.29) is 5.56 Å². The number of nitrogens with zero attached hydrogens (tertiary/aromatic N) is 1. The minimum atomic E-state index is -0.402. The molecule has 17 heavy (non-hydrogen) atoms. The lowest BCUT2D eigenvalue weighted by atomic mass is 10.2. The fourth-order valence-corrected chi connectivity index (χ4v) is 1.55. The van der Waals surface area contributed by atoms with Gasteiger partial charge in [0.25, 0.3) is 0 Å². The Morgan fingerprint density at radius 2 is 1.88 bits per heavy atom. The van der Waals surface area contributed by atoms with E-state index >= 15 is 0 Å². The molecular weight excluding hydrogens is 217 g/mol. The quantitative estimate of drug-likeness (QED) is 0.335. The molecule has 0 aliphatic carbocycles. The SMILES string of the molecule is Cc1cccc([N+]([O-])=Cc2ccccc2F)c1. The van der Waals surface area contributed by atoms with Crippen LogP contribution in [0.3, 0.4) is 0 Å². The van der Waals surface area contributed by atoms with E-state index in [2.05, 4.69) is 0 Å². The summed E-state index contributed by atoms with van der Waals surface area (Å²) in [5.74, 6) is -0.402. The molecule has 0 radical (unpaired) electrons. The zero-order chi connectivity index (χ0) is 12.3. The molecule has 3 heteroatoms. The van der Waals surface area contributed by atoms with Crippen molar-refractivity contribution in [3.8, 4) is 0 Å². The van der Waals surface area contributed by atoms with Crippen LogP contribution < -0.4 is 0 Å². The molecule has 0 unspecified atom stereocenters. The third-order valence-corrected chi connectivity index (χ3v) is 2.42. The summed E-state index contributed by atoms with van der Waals surface area (Å²) in [5, 5.41) is 11.8. The van der Waals surface area contributed by atoms with Gasteiger partial charge < -0.3 is 5.21 Å². The highest BCUT2D eigenvalue weighted by atomic mass is 19.1. The third kappa shape index (κ3) is 2.69. The van der Waals surface area contributed by atoms with Gasteiger partial charge in [-0.1, -0.05) is 24.3 Å². The van der Waals surface area contributed by atoms with Gasteiger partial charge >= 0.3 is 0 Å². The van der Waals surface area contributed by atoms with Crippen LogP contribution in [0.15, 0.2) is 48.5 Å². The first-order chi connectivity index (χ1) is 8.16. The molecule has 0 saturated carbocycles. The smallest absolute Gasteiger partial charge is 0.216 e. The summed E-state index contributed by atoms with van der Waals surface area (Å²) in [4.78, 5) is 0. The van der Waals surface area contributed by atoms with E-state index in [0.717, 1.165) is 5.56 Å². The zero-order valence-electron chi connectivity index (χ0n) is 9.43. The van der Waals surface area contributed by atoms with E-state index in [4.69, 9.17) is 0 Å². The van der Waals surface area contributed by atoms with E-state index in [1.165, 1.54) is 12.3 Å². The van der Waals surface area contributed by atoms with Crippen molar-refractivity contribution in [3.05, 3.63) is 70.7 Å². The second-order valence-corrected chi connectivity index (χ2v) is 3.82. The first kappa shape index (κ1) is 11.3. The predicted molar refractivity (Wildman–Crippen MR) is 66.0 cm³/mol. The molecule has 0 atom stereocenters. The number of aryl methyl sites for hydroxylation is 1. The molecule has 0 amide bonds. The van der Waals surface area contributed by atoms with E-state index in [1.807, 2.05) is 13.0 Å². The van der Waals surface area contributed by atoms with Crippen molar-refractivity contribution in [3.63, 3.8) is 0 Å². The topological polar surface area (TPSA) is 26.1 Å². The Bertz CT molecular complexity index is 564. The van der Waals surface area contributed by atoms with E-state index < -0.39 is 5.82 Å². The standard InChI is InChI=1S/C14H12FNO/c1-11-5-4-7-13(9-11)16(17)10-12-6-2-3-8-14(12)15/h2-10H,1H3. The molecule has 0 aliphatic rings. The van der Waals surface area contributed by atoms with Crippen molar-refractivity contribution in [1.82, 2.24) is 0 Å². The minimum Gasteiger partial charge on any atom is -0.618 e. The Morgan fingerprint density at radius 3 is 2.59 bits per heavy atom. The largest absolute Gasteiger partial charge is 0.618 e. The van der Waals surface area contributed by atoms with Gasteiger partial charge in [-0.2, -0.15) is 4.74 Å². The van der Waals surface area contributed by atoms with Crippen molar-refractivity contribution in [2.45, 2.75) is 6.92 Å². The lowest BCUT2D eigenvalue weighted by molar-refractivity contribution is -0.354. The summed E-state index contributed by atoms with van der Waals surface area (Å²) < 4.78 is 14.0. The molecule has 0 aliphatic heterocycles. The Hall–Kier alpha value is -2.16. The predicted octanol–water partition coefficient (Wildman–Crippen LogP) is 3.40. The number of hydrogen-bond donors (Lipinski definition) is 0. The van der Waals surface area contributed by atoms with Gasteiger partial charge in [0.2, 0.25) is 5.69 Å². The van der Waals surface area contributed by atoms with Gasteiger partial charge in [-0.3, -0.25) is 0 Å². The average Bonchev–Trinajstić information content (AvgIpc) is 2.32. The second-order valence-electron chi connectivity index (χ2n) is 3.82. The van der Waals surface area contributed by atoms with Crippen LogP contribution in [0.1, 0.15) is 11.1 Å². The Morgan fingerprint density at radius 1 is 1.12 bits per heavy atom.